The molecule has 3 N–H and O–H groups in total. The maximum atomic E-state index is 13.3. The number of halogens is 3. The van der Waals surface area contributed by atoms with E-state index >= 15 is 0 Å². The number of alkyl halides is 2. The number of nitrogen functional groups attached to an aromatic ring is 1. The van der Waals surface area contributed by atoms with Crippen LogP contribution in [0.15, 0.2) is 12.1 Å². The molecular formula is C12H17F3N2O3. The summed E-state index contributed by atoms with van der Waals surface area (Å²) in [6.45, 7) is -1.43. The summed E-state index contributed by atoms with van der Waals surface area (Å²) in [6.07, 6.45) is 0. The third-order valence-corrected chi connectivity index (χ3v) is 2.31. The first-order valence-corrected chi connectivity index (χ1v) is 5.89. The quantitative estimate of drug-likeness (QED) is 0.539. The van der Waals surface area contributed by atoms with E-state index in [-0.39, 0.29) is 5.69 Å². The van der Waals surface area contributed by atoms with Gasteiger partial charge in [-0.1, -0.05) is 0 Å². The normalized spacial score (nSPS) is 10.8. The summed E-state index contributed by atoms with van der Waals surface area (Å²) in [7, 11) is 1.56. The van der Waals surface area contributed by atoms with E-state index in [2.05, 4.69) is 10.1 Å². The Morgan fingerprint density at radius 3 is 2.65 bits per heavy atom. The minimum absolute atomic E-state index is 0.0982. The molecule has 0 saturated heterocycles. The van der Waals surface area contributed by atoms with Gasteiger partial charge in [-0.15, -0.1) is 0 Å². The standard InChI is InChI=1S/C12H17F3N2O3/c1-18-4-5-19-3-2-17-10-7-11(20-12(14)15)8(13)6-9(10)16/h6-7,12,17H,2-5,16H2,1H3. The number of ether oxygens (including phenoxy) is 3. The number of anilines is 2. The molecule has 114 valence electrons. The fraction of sp³-hybridized carbons (Fsp3) is 0.500. The van der Waals surface area contributed by atoms with Gasteiger partial charge < -0.3 is 25.3 Å². The number of nitrogens with two attached hydrogens (primary N) is 1. The Morgan fingerprint density at radius 1 is 1.25 bits per heavy atom. The van der Waals surface area contributed by atoms with Gasteiger partial charge in [0.15, 0.2) is 11.6 Å². The van der Waals surface area contributed by atoms with Crippen molar-refractivity contribution in [1.29, 1.82) is 0 Å². The zero-order chi connectivity index (χ0) is 15.0. The molecule has 0 aromatic heterocycles. The van der Waals surface area contributed by atoms with Crippen LogP contribution in [0.3, 0.4) is 0 Å². The summed E-state index contributed by atoms with van der Waals surface area (Å²) < 4.78 is 51.5. The van der Waals surface area contributed by atoms with E-state index in [0.29, 0.717) is 32.1 Å². The Kier molecular flexibility index (Phi) is 6.96. The molecule has 0 bridgehead atoms. The van der Waals surface area contributed by atoms with Gasteiger partial charge in [0.25, 0.3) is 0 Å². The summed E-state index contributed by atoms with van der Waals surface area (Å²) in [6, 6.07) is 2.01. The van der Waals surface area contributed by atoms with Crippen molar-refractivity contribution >= 4 is 11.4 Å². The van der Waals surface area contributed by atoms with Crippen LogP contribution in [0.2, 0.25) is 0 Å². The molecular weight excluding hydrogens is 277 g/mol. The van der Waals surface area contributed by atoms with Gasteiger partial charge in [-0.3, -0.25) is 0 Å². The summed E-state index contributed by atoms with van der Waals surface area (Å²) in [5.41, 5.74) is 5.98. The molecule has 0 spiro atoms. The van der Waals surface area contributed by atoms with Gasteiger partial charge in [0.1, 0.15) is 0 Å². The molecule has 0 heterocycles. The van der Waals surface area contributed by atoms with Crippen molar-refractivity contribution in [2.24, 2.45) is 0 Å². The zero-order valence-electron chi connectivity index (χ0n) is 11.0. The van der Waals surface area contributed by atoms with E-state index in [9.17, 15) is 13.2 Å². The topological polar surface area (TPSA) is 65.7 Å². The molecule has 1 rings (SSSR count). The molecule has 1 aromatic carbocycles. The van der Waals surface area contributed by atoms with Crippen molar-refractivity contribution in [2.45, 2.75) is 6.61 Å². The predicted octanol–water partition coefficient (Wildman–Crippen LogP) is 2.08. The second-order valence-corrected chi connectivity index (χ2v) is 3.78. The molecule has 0 unspecified atom stereocenters. The molecule has 0 aliphatic heterocycles. The van der Waals surface area contributed by atoms with Crippen LogP contribution in [0.25, 0.3) is 0 Å². The number of rotatable bonds is 9. The lowest BCUT2D eigenvalue weighted by atomic mass is 10.2. The smallest absolute Gasteiger partial charge is 0.387 e. The highest BCUT2D eigenvalue weighted by Crippen LogP contribution is 2.29. The first-order valence-electron chi connectivity index (χ1n) is 5.89. The molecule has 0 fully saturated rings. The van der Waals surface area contributed by atoms with Crippen molar-refractivity contribution in [3.05, 3.63) is 17.9 Å². The third kappa shape index (κ3) is 5.54. The van der Waals surface area contributed by atoms with Gasteiger partial charge >= 0.3 is 6.61 Å². The molecule has 1 aromatic rings. The van der Waals surface area contributed by atoms with Crippen LogP contribution in [-0.4, -0.2) is 40.1 Å². The SMILES string of the molecule is COCCOCCNc1cc(OC(F)F)c(F)cc1N. The molecule has 0 radical (unpaired) electrons. The van der Waals surface area contributed by atoms with Crippen LogP contribution >= 0.6 is 0 Å². The molecule has 8 heteroatoms. The average Bonchev–Trinajstić information content (AvgIpc) is 2.38. The van der Waals surface area contributed by atoms with Crippen LogP contribution < -0.4 is 15.8 Å². The van der Waals surface area contributed by atoms with Crippen LogP contribution in [0.5, 0.6) is 5.75 Å². The fourth-order valence-corrected chi connectivity index (χ4v) is 1.41. The zero-order valence-corrected chi connectivity index (χ0v) is 11.0. The van der Waals surface area contributed by atoms with Crippen molar-refractivity contribution < 1.29 is 27.4 Å². The lowest BCUT2D eigenvalue weighted by Crippen LogP contribution is -2.13. The maximum absolute atomic E-state index is 13.3. The van der Waals surface area contributed by atoms with Crippen LogP contribution in [-0.2, 0) is 9.47 Å². The molecule has 20 heavy (non-hydrogen) atoms. The van der Waals surface area contributed by atoms with Gasteiger partial charge in [-0.25, -0.2) is 4.39 Å². The van der Waals surface area contributed by atoms with Gasteiger partial charge in [-0.05, 0) is 0 Å². The van der Waals surface area contributed by atoms with Gasteiger partial charge in [0, 0.05) is 25.8 Å². The van der Waals surface area contributed by atoms with E-state index in [0.717, 1.165) is 12.1 Å². The minimum Gasteiger partial charge on any atom is -0.432 e. The average molecular weight is 294 g/mol. The van der Waals surface area contributed by atoms with Crippen molar-refractivity contribution in [1.82, 2.24) is 0 Å². The van der Waals surface area contributed by atoms with E-state index in [1.807, 2.05) is 0 Å². The Labute approximate surface area is 114 Å². The molecule has 0 amide bonds. The molecule has 0 aliphatic carbocycles. The highest BCUT2D eigenvalue weighted by atomic mass is 19.3. The fourth-order valence-electron chi connectivity index (χ4n) is 1.41. The van der Waals surface area contributed by atoms with Crippen molar-refractivity contribution in [2.75, 3.05) is 44.5 Å². The number of hydrogen-bond donors (Lipinski definition) is 2. The molecule has 0 saturated carbocycles. The summed E-state index contributed by atoms with van der Waals surface area (Å²) in [5.74, 6) is -1.50. The minimum atomic E-state index is -3.10. The lowest BCUT2D eigenvalue weighted by Gasteiger charge is -2.13. The van der Waals surface area contributed by atoms with E-state index in [1.165, 1.54) is 0 Å². The first-order chi connectivity index (χ1) is 9.54. The van der Waals surface area contributed by atoms with E-state index in [4.69, 9.17) is 15.2 Å². The van der Waals surface area contributed by atoms with Crippen molar-refractivity contribution in [3.63, 3.8) is 0 Å². The number of benzene rings is 1. The van der Waals surface area contributed by atoms with Gasteiger partial charge in [0.2, 0.25) is 0 Å². The Hall–Kier alpha value is -1.67. The number of methoxy groups -OCH3 is 1. The predicted molar refractivity (Wildman–Crippen MR) is 68.6 cm³/mol. The van der Waals surface area contributed by atoms with Crippen LogP contribution in [0, 0.1) is 5.82 Å². The molecule has 0 aliphatic rings. The highest BCUT2D eigenvalue weighted by Gasteiger charge is 2.13. The maximum Gasteiger partial charge on any atom is 0.387 e. The van der Waals surface area contributed by atoms with Crippen LogP contribution in [0.1, 0.15) is 0 Å². The monoisotopic (exact) mass is 294 g/mol. The van der Waals surface area contributed by atoms with E-state index in [1.54, 1.807) is 7.11 Å². The third-order valence-electron chi connectivity index (χ3n) is 2.31. The Morgan fingerprint density at radius 2 is 2.00 bits per heavy atom. The second-order valence-electron chi connectivity index (χ2n) is 3.78. The number of nitrogens with one attached hydrogen (secondary N) is 1. The second kappa shape index (κ2) is 8.49. The first kappa shape index (κ1) is 16.4. The van der Waals surface area contributed by atoms with Gasteiger partial charge in [0.05, 0.1) is 31.2 Å². The molecule has 5 nitrogen and oxygen atoms in total. The highest BCUT2D eigenvalue weighted by molar-refractivity contribution is 5.68. The van der Waals surface area contributed by atoms with Crippen LogP contribution in [0.4, 0.5) is 24.5 Å². The van der Waals surface area contributed by atoms with E-state index < -0.39 is 18.2 Å². The Balaban J connectivity index is 2.52. The largest absolute Gasteiger partial charge is 0.432 e. The summed E-state index contributed by atoms with van der Waals surface area (Å²) in [5, 5.41) is 2.85. The van der Waals surface area contributed by atoms with Gasteiger partial charge in [-0.2, -0.15) is 8.78 Å². The Bertz CT molecular complexity index is 419. The molecule has 0 atom stereocenters. The number of hydrogen-bond acceptors (Lipinski definition) is 5. The van der Waals surface area contributed by atoms with Crippen molar-refractivity contribution in [3.8, 4) is 5.75 Å². The summed E-state index contributed by atoms with van der Waals surface area (Å²) >= 11 is 0. The lowest BCUT2D eigenvalue weighted by molar-refractivity contribution is -0.0521. The summed E-state index contributed by atoms with van der Waals surface area (Å²) in [4.78, 5) is 0.